The van der Waals surface area contributed by atoms with Crippen LogP contribution in [0, 0.1) is 0 Å². The topological polar surface area (TPSA) is 44.5 Å². The molecule has 1 aliphatic rings. The minimum absolute atomic E-state index is 0.167. The molecule has 0 amide bonds. The van der Waals surface area contributed by atoms with Gasteiger partial charge in [0.1, 0.15) is 0 Å². The van der Waals surface area contributed by atoms with E-state index in [0.29, 0.717) is 0 Å². The van der Waals surface area contributed by atoms with Gasteiger partial charge in [0.2, 0.25) is 0 Å². The lowest BCUT2D eigenvalue weighted by Gasteiger charge is -2.25. The van der Waals surface area contributed by atoms with Gasteiger partial charge in [-0.2, -0.15) is 0 Å². The smallest absolute Gasteiger partial charge is 0.161 e. The van der Waals surface area contributed by atoms with Crippen LogP contribution < -0.4 is 15.2 Å². The van der Waals surface area contributed by atoms with Crippen molar-refractivity contribution in [1.82, 2.24) is 0 Å². The van der Waals surface area contributed by atoms with Gasteiger partial charge in [0.25, 0.3) is 0 Å². The Morgan fingerprint density at radius 3 is 2.25 bits per heavy atom. The third kappa shape index (κ3) is 1.87. The van der Waals surface area contributed by atoms with E-state index < -0.39 is 0 Å². The van der Waals surface area contributed by atoms with Crippen LogP contribution in [0.3, 0.4) is 0 Å². The van der Waals surface area contributed by atoms with Crippen molar-refractivity contribution in [1.29, 1.82) is 0 Å². The van der Waals surface area contributed by atoms with Crippen LogP contribution in [0.25, 0.3) is 0 Å². The molecule has 0 unspecified atom stereocenters. The lowest BCUT2D eigenvalue weighted by molar-refractivity contribution is 0.352. The minimum Gasteiger partial charge on any atom is -0.493 e. The van der Waals surface area contributed by atoms with Crippen molar-refractivity contribution in [3.05, 3.63) is 23.8 Å². The molecular weight excluding hydrogens is 202 g/mol. The molecule has 1 aliphatic carbocycles. The average molecular weight is 221 g/mol. The van der Waals surface area contributed by atoms with Crippen LogP contribution in [-0.4, -0.2) is 14.2 Å². The van der Waals surface area contributed by atoms with Crippen molar-refractivity contribution >= 4 is 0 Å². The van der Waals surface area contributed by atoms with Gasteiger partial charge >= 0.3 is 0 Å². The van der Waals surface area contributed by atoms with Crippen LogP contribution >= 0.6 is 0 Å². The quantitative estimate of drug-likeness (QED) is 0.852. The summed E-state index contributed by atoms with van der Waals surface area (Å²) in [6.07, 6.45) is 4.54. The number of hydrogen-bond donors (Lipinski definition) is 1. The summed E-state index contributed by atoms with van der Waals surface area (Å²) >= 11 is 0. The lowest BCUT2D eigenvalue weighted by Crippen LogP contribution is -2.32. The second-order valence-corrected chi connectivity index (χ2v) is 4.43. The van der Waals surface area contributed by atoms with Crippen LogP contribution in [0.1, 0.15) is 31.2 Å². The molecule has 2 rings (SSSR count). The van der Waals surface area contributed by atoms with E-state index >= 15 is 0 Å². The second kappa shape index (κ2) is 4.34. The van der Waals surface area contributed by atoms with Gasteiger partial charge in [-0.25, -0.2) is 0 Å². The summed E-state index contributed by atoms with van der Waals surface area (Å²) in [4.78, 5) is 0. The Morgan fingerprint density at radius 2 is 1.69 bits per heavy atom. The summed E-state index contributed by atoms with van der Waals surface area (Å²) < 4.78 is 10.5. The molecule has 0 heterocycles. The number of nitrogens with two attached hydrogens (primary N) is 1. The first-order valence-electron chi connectivity index (χ1n) is 5.71. The molecule has 0 aliphatic heterocycles. The first-order valence-corrected chi connectivity index (χ1v) is 5.71. The molecule has 88 valence electrons. The van der Waals surface area contributed by atoms with Crippen LogP contribution in [-0.2, 0) is 5.54 Å². The van der Waals surface area contributed by atoms with E-state index in [0.717, 1.165) is 29.9 Å². The molecule has 0 saturated heterocycles. The van der Waals surface area contributed by atoms with Crippen molar-refractivity contribution in [3.63, 3.8) is 0 Å². The van der Waals surface area contributed by atoms with Gasteiger partial charge in [0, 0.05) is 5.54 Å². The van der Waals surface area contributed by atoms with Gasteiger partial charge in [-0.3, -0.25) is 0 Å². The summed E-state index contributed by atoms with van der Waals surface area (Å²) in [5, 5.41) is 0. The fraction of sp³-hybridized carbons (Fsp3) is 0.538. The molecule has 0 bridgehead atoms. The molecule has 0 aromatic heterocycles. The van der Waals surface area contributed by atoms with Crippen LogP contribution in [0.2, 0.25) is 0 Å². The first-order chi connectivity index (χ1) is 7.69. The predicted molar refractivity (Wildman–Crippen MR) is 63.9 cm³/mol. The van der Waals surface area contributed by atoms with Crippen molar-refractivity contribution in [2.24, 2.45) is 5.73 Å². The molecule has 0 atom stereocenters. The van der Waals surface area contributed by atoms with Crippen LogP contribution in [0.15, 0.2) is 18.2 Å². The Balaban J connectivity index is 2.35. The first kappa shape index (κ1) is 11.3. The number of methoxy groups -OCH3 is 2. The van der Waals surface area contributed by atoms with E-state index in [1.54, 1.807) is 14.2 Å². The number of rotatable bonds is 3. The third-order valence-electron chi connectivity index (χ3n) is 3.45. The molecule has 0 spiro atoms. The monoisotopic (exact) mass is 221 g/mol. The molecule has 16 heavy (non-hydrogen) atoms. The van der Waals surface area contributed by atoms with Crippen LogP contribution in [0.5, 0.6) is 11.5 Å². The summed E-state index contributed by atoms with van der Waals surface area (Å²) in [7, 11) is 3.30. The van der Waals surface area contributed by atoms with E-state index in [1.165, 1.54) is 12.8 Å². The van der Waals surface area contributed by atoms with Crippen molar-refractivity contribution in [2.75, 3.05) is 14.2 Å². The average Bonchev–Trinajstić information content (AvgIpc) is 2.76. The fourth-order valence-electron chi connectivity index (χ4n) is 2.44. The molecular formula is C13H19NO2. The van der Waals surface area contributed by atoms with Gasteiger partial charge in [0.15, 0.2) is 11.5 Å². The molecule has 2 N–H and O–H groups in total. The maximum atomic E-state index is 6.40. The van der Waals surface area contributed by atoms with E-state index in [1.807, 2.05) is 18.2 Å². The maximum absolute atomic E-state index is 6.40. The highest BCUT2D eigenvalue weighted by Crippen LogP contribution is 2.39. The summed E-state index contributed by atoms with van der Waals surface area (Å²) in [5.74, 6) is 1.52. The van der Waals surface area contributed by atoms with Crippen LogP contribution in [0.4, 0.5) is 0 Å². The predicted octanol–water partition coefficient (Wildman–Crippen LogP) is 2.43. The zero-order valence-corrected chi connectivity index (χ0v) is 9.95. The standard InChI is InChI=1S/C13H19NO2/c1-15-11-6-5-10(9-12(11)16-2)13(14)7-3-4-8-13/h5-6,9H,3-4,7-8,14H2,1-2H3. The zero-order chi connectivity index (χ0) is 11.6. The number of hydrogen-bond acceptors (Lipinski definition) is 3. The molecule has 1 saturated carbocycles. The Morgan fingerprint density at radius 1 is 1.06 bits per heavy atom. The Labute approximate surface area is 96.5 Å². The van der Waals surface area contributed by atoms with Crippen molar-refractivity contribution in [2.45, 2.75) is 31.2 Å². The fourth-order valence-corrected chi connectivity index (χ4v) is 2.44. The molecule has 1 aromatic rings. The molecule has 0 radical (unpaired) electrons. The lowest BCUT2D eigenvalue weighted by atomic mass is 9.89. The van der Waals surface area contributed by atoms with Gasteiger partial charge in [-0.05, 0) is 30.5 Å². The molecule has 3 nitrogen and oxygen atoms in total. The Hall–Kier alpha value is -1.22. The normalized spacial score (nSPS) is 18.4. The van der Waals surface area contributed by atoms with E-state index in [9.17, 15) is 0 Å². The number of benzene rings is 1. The summed E-state index contributed by atoms with van der Waals surface area (Å²) in [6.45, 7) is 0. The third-order valence-corrected chi connectivity index (χ3v) is 3.45. The largest absolute Gasteiger partial charge is 0.493 e. The maximum Gasteiger partial charge on any atom is 0.161 e. The highest BCUT2D eigenvalue weighted by Gasteiger charge is 2.31. The minimum atomic E-state index is -0.167. The molecule has 3 heteroatoms. The SMILES string of the molecule is COc1ccc(C2(N)CCCC2)cc1OC. The molecule has 1 aromatic carbocycles. The highest BCUT2D eigenvalue weighted by atomic mass is 16.5. The highest BCUT2D eigenvalue weighted by molar-refractivity contribution is 5.45. The van der Waals surface area contributed by atoms with E-state index in [-0.39, 0.29) is 5.54 Å². The van der Waals surface area contributed by atoms with Crippen molar-refractivity contribution in [3.8, 4) is 11.5 Å². The van der Waals surface area contributed by atoms with Gasteiger partial charge in [0.05, 0.1) is 14.2 Å². The summed E-state index contributed by atoms with van der Waals surface area (Å²) in [6, 6.07) is 5.98. The van der Waals surface area contributed by atoms with Gasteiger partial charge in [-0.1, -0.05) is 18.9 Å². The Kier molecular flexibility index (Phi) is 3.06. The van der Waals surface area contributed by atoms with Gasteiger partial charge in [-0.15, -0.1) is 0 Å². The Bertz CT molecular complexity index is 370. The molecule has 1 fully saturated rings. The van der Waals surface area contributed by atoms with Crippen molar-refractivity contribution < 1.29 is 9.47 Å². The van der Waals surface area contributed by atoms with E-state index in [2.05, 4.69) is 0 Å². The number of ether oxygens (including phenoxy) is 2. The van der Waals surface area contributed by atoms with Gasteiger partial charge < -0.3 is 15.2 Å². The zero-order valence-electron chi connectivity index (χ0n) is 9.95. The van der Waals surface area contributed by atoms with E-state index in [4.69, 9.17) is 15.2 Å². The second-order valence-electron chi connectivity index (χ2n) is 4.43. The summed E-state index contributed by atoms with van der Waals surface area (Å²) in [5.41, 5.74) is 7.39.